The van der Waals surface area contributed by atoms with Crippen molar-refractivity contribution in [2.75, 3.05) is 11.9 Å². The van der Waals surface area contributed by atoms with Gasteiger partial charge in [0.2, 0.25) is 5.82 Å². The summed E-state index contributed by atoms with van der Waals surface area (Å²) < 4.78 is 11.8. The Morgan fingerprint density at radius 1 is 0.966 bits per heavy atom. The number of anilines is 1. The van der Waals surface area contributed by atoms with E-state index in [9.17, 15) is 4.79 Å². The van der Waals surface area contributed by atoms with Gasteiger partial charge in [-0.2, -0.15) is 4.98 Å². The molecule has 29 heavy (non-hydrogen) atoms. The van der Waals surface area contributed by atoms with E-state index in [4.69, 9.17) is 9.26 Å². The fraction of sp³-hybridized carbons (Fsp3) is 0.0455. The van der Waals surface area contributed by atoms with Crippen molar-refractivity contribution in [1.29, 1.82) is 0 Å². The summed E-state index contributed by atoms with van der Waals surface area (Å²) in [6, 6.07) is 24.1. The van der Waals surface area contributed by atoms with Crippen LogP contribution in [0.15, 0.2) is 87.9 Å². The second-order valence-corrected chi connectivity index (χ2v) is 7.08. The van der Waals surface area contributed by atoms with Gasteiger partial charge in [-0.1, -0.05) is 57.5 Å². The minimum atomic E-state index is -0.239. The van der Waals surface area contributed by atoms with Crippen LogP contribution in [-0.2, 0) is 4.79 Å². The molecule has 0 aliphatic rings. The molecule has 0 aliphatic heterocycles. The van der Waals surface area contributed by atoms with Gasteiger partial charge in [0.15, 0.2) is 6.61 Å². The molecule has 0 saturated carbocycles. The summed E-state index contributed by atoms with van der Waals surface area (Å²) in [5.74, 6) is 1.28. The lowest BCUT2D eigenvalue weighted by Crippen LogP contribution is -2.20. The summed E-state index contributed by atoms with van der Waals surface area (Å²) >= 11 is 3.37. The first-order valence-electron chi connectivity index (χ1n) is 8.85. The first kappa shape index (κ1) is 18.9. The quantitative estimate of drug-likeness (QED) is 0.438. The summed E-state index contributed by atoms with van der Waals surface area (Å²) in [7, 11) is 0. The van der Waals surface area contributed by atoms with Gasteiger partial charge in [0.1, 0.15) is 5.75 Å². The molecule has 1 N–H and O–H groups in total. The Morgan fingerprint density at radius 2 is 1.76 bits per heavy atom. The molecule has 144 valence electrons. The van der Waals surface area contributed by atoms with Crippen molar-refractivity contribution in [2.24, 2.45) is 0 Å². The lowest BCUT2D eigenvalue weighted by atomic mass is 10.2. The summed E-state index contributed by atoms with van der Waals surface area (Å²) in [6.45, 7) is -0.0927. The predicted octanol–water partition coefficient (Wildman–Crippen LogP) is 5.18. The van der Waals surface area contributed by atoms with Gasteiger partial charge < -0.3 is 14.6 Å². The Balaban J connectivity index is 1.36. The predicted molar refractivity (Wildman–Crippen MR) is 113 cm³/mol. The normalized spacial score (nSPS) is 10.5. The van der Waals surface area contributed by atoms with Crippen LogP contribution in [0.2, 0.25) is 0 Å². The van der Waals surface area contributed by atoms with Crippen LogP contribution in [0.5, 0.6) is 5.75 Å². The van der Waals surface area contributed by atoms with Crippen molar-refractivity contribution in [1.82, 2.24) is 10.1 Å². The number of benzene rings is 3. The topological polar surface area (TPSA) is 77.2 Å². The van der Waals surface area contributed by atoms with Crippen LogP contribution < -0.4 is 10.1 Å². The fourth-order valence-electron chi connectivity index (χ4n) is 2.65. The summed E-state index contributed by atoms with van der Waals surface area (Å²) in [5.41, 5.74) is 2.36. The largest absolute Gasteiger partial charge is 0.484 e. The Hall–Kier alpha value is -3.45. The van der Waals surface area contributed by atoms with Gasteiger partial charge >= 0.3 is 0 Å². The molecule has 4 aromatic rings. The molecule has 0 bridgehead atoms. The van der Waals surface area contributed by atoms with Gasteiger partial charge in [-0.25, -0.2) is 0 Å². The molecule has 0 spiro atoms. The number of nitrogens with one attached hydrogen (secondary N) is 1. The summed E-state index contributed by atoms with van der Waals surface area (Å²) in [5, 5.41) is 6.80. The van der Waals surface area contributed by atoms with E-state index in [1.807, 2.05) is 66.7 Å². The first-order valence-corrected chi connectivity index (χ1v) is 9.64. The number of ether oxygens (including phenoxy) is 1. The van der Waals surface area contributed by atoms with Crippen LogP contribution in [0.3, 0.4) is 0 Å². The van der Waals surface area contributed by atoms with Crippen molar-refractivity contribution < 1.29 is 14.1 Å². The third-order valence-corrected chi connectivity index (χ3v) is 4.53. The van der Waals surface area contributed by atoms with Gasteiger partial charge in [0.05, 0.1) is 0 Å². The van der Waals surface area contributed by atoms with Crippen molar-refractivity contribution >= 4 is 27.5 Å². The van der Waals surface area contributed by atoms with Crippen molar-refractivity contribution in [2.45, 2.75) is 0 Å². The zero-order valence-electron chi connectivity index (χ0n) is 15.2. The number of rotatable bonds is 6. The molecule has 1 amide bonds. The zero-order valence-corrected chi connectivity index (χ0v) is 16.8. The molecule has 0 fully saturated rings. The number of carbonyl (C=O) groups excluding carboxylic acids is 1. The van der Waals surface area contributed by atoms with Crippen molar-refractivity contribution in [3.63, 3.8) is 0 Å². The number of aromatic nitrogens is 2. The number of amides is 1. The molecule has 0 unspecified atom stereocenters. The third-order valence-electron chi connectivity index (χ3n) is 4.04. The van der Waals surface area contributed by atoms with Crippen molar-refractivity contribution in [3.05, 3.63) is 83.3 Å². The number of halogens is 1. The highest BCUT2D eigenvalue weighted by Crippen LogP contribution is 2.24. The van der Waals surface area contributed by atoms with E-state index in [0.717, 1.165) is 15.6 Å². The molecular weight excluding hydrogens is 434 g/mol. The maximum Gasteiger partial charge on any atom is 0.262 e. The smallest absolute Gasteiger partial charge is 0.262 e. The SMILES string of the molecule is O=C(COc1ccc(-c2nc(-c3ccccc3)no2)cc1)Nc1cccc(Br)c1. The van der Waals surface area contributed by atoms with Gasteiger partial charge in [-0.15, -0.1) is 0 Å². The van der Waals surface area contributed by atoms with E-state index in [-0.39, 0.29) is 12.5 Å². The highest BCUT2D eigenvalue weighted by Gasteiger charge is 2.11. The second-order valence-electron chi connectivity index (χ2n) is 6.16. The fourth-order valence-corrected chi connectivity index (χ4v) is 3.05. The molecule has 0 saturated heterocycles. The molecule has 6 nitrogen and oxygen atoms in total. The number of carbonyl (C=O) groups is 1. The van der Waals surface area contributed by atoms with Crippen LogP contribution in [0.1, 0.15) is 0 Å². The van der Waals surface area contributed by atoms with E-state index in [2.05, 4.69) is 31.4 Å². The van der Waals surface area contributed by atoms with Gasteiger partial charge in [0.25, 0.3) is 11.8 Å². The van der Waals surface area contributed by atoms with Crippen LogP contribution in [0.4, 0.5) is 5.69 Å². The highest BCUT2D eigenvalue weighted by molar-refractivity contribution is 9.10. The van der Waals surface area contributed by atoms with Crippen LogP contribution >= 0.6 is 15.9 Å². The molecule has 7 heteroatoms. The summed E-state index contributed by atoms with van der Waals surface area (Å²) in [6.07, 6.45) is 0. The minimum absolute atomic E-state index is 0.0927. The molecule has 3 aromatic carbocycles. The van der Waals surface area contributed by atoms with Crippen LogP contribution in [0.25, 0.3) is 22.8 Å². The van der Waals surface area contributed by atoms with E-state index >= 15 is 0 Å². The minimum Gasteiger partial charge on any atom is -0.484 e. The molecule has 0 radical (unpaired) electrons. The number of hydrogen-bond acceptors (Lipinski definition) is 5. The highest BCUT2D eigenvalue weighted by atomic mass is 79.9. The Bertz CT molecular complexity index is 1110. The Morgan fingerprint density at radius 3 is 2.52 bits per heavy atom. The van der Waals surface area contributed by atoms with E-state index in [1.165, 1.54) is 0 Å². The Labute approximate surface area is 175 Å². The number of hydrogen-bond donors (Lipinski definition) is 1. The lowest BCUT2D eigenvalue weighted by Gasteiger charge is -2.08. The maximum absolute atomic E-state index is 12.0. The molecule has 4 rings (SSSR count). The standard InChI is InChI=1S/C22H16BrN3O3/c23-17-7-4-8-18(13-17)24-20(27)14-28-19-11-9-16(10-12-19)22-25-21(26-29-22)15-5-2-1-3-6-15/h1-13H,14H2,(H,24,27). The van der Waals surface area contributed by atoms with Gasteiger partial charge in [0, 0.05) is 21.3 Å². The zero-order chi connectivity index (χ0) is 20.1. The van der Waals surface area contributed by atoms with Crippen LogP contribution in [-0.4, -0.2) is 22.7 Å². The van der Waals surface area contributed by atoms with E-state index in [0.29, 0.717) is 23.2 Å². The lowest BCUT2D eigenvalue weighted by molar-refractivity contribution is -0.118. The molecule has 1 heterocycles. The second kappa shape index (κ2) is 8.70. The van der Waals surface area contributed by atoms with Gasteiger partial charge in [-0.3, -0.25) is 4.79 Å². The van der Waals surface area contributed by atoms with Crippen LogP contribution in [0, 0.1) is 0 Å². The Kier molecular flexibility index (Phi) is 5.67. The average Bonchev–Trinajstić information content (AvgIpc) is 3.24. The molecular formula is C22H16BrN3O3. The number of nitrogens with zero attached hydrogens (tertiary/aromatic N) is 2. The van der Waals surface area contributed by atoms with E-state index in [1.54, 1.807) is 12.1 Å². The first-order chi connectivity index (χ1) is 14.2. The maximum atomic E-state index is 12.0. The molecule has 1 aromatic heterocycles. The van der Waals surface area contributed by atoms with E-state index < -0.39 is 0 Å². The average molecular weight is 450 g/mol. The molecule has 0 atom stereocenters. The van der Waals surface area contributed by atoms with Crippen molar-refractivity contribution in [3.8, 4) is 28.6 Å². The summed E-state index contributed by atoms with van der Waals surface area (Å²) in [4.78, 5) is 16.5. The molecule has 0 aliphatic carbocycles. The third kappa shape index (κ3) is 4.89. The van der Waals surface area contributed by atoms with Gasteiger partial charge in [-0.05, 0) is 42.5 Å². The monoisotopic (exact) mass is 449 g/mol.